The number of hydrogen-bond acceptors (Lipinski definition) is 8. The first-order valence-corrected chi connectivity index (χ1v) is 13.4. The van der Waals surface area contributed by atoms with E-state index in [2.05, 4.69) is 25.4 Å². The number of methoxy groups -OCH3 is 1. The number of benzene rings is 1. The number of carbonyl (C=O) groups is 2. The summed E-state index contributed by atoms with van der Waals surface area (Å²) >= 11 is 0. The van der Waals surface area contributed by atoms with Gasteiger partial charge in [0.1, 0.15) is 11.1 Å². The zero-order chi connectivity index (χ0) is 29.6. The average molecular weight is 564 g/mol. The lowest BCUT2D eigenvalue weighted by molar-refractivity contribution is 0.00567. The molecular weight excluding hydrogens is 529 g/mol. The van der Waals surface area contributed by atoms with Crippen LogP contribution in [0.5, 0.6) is 5.88 Å². The number of anilines is 2. The van der Waals surface area contributed by atoms with E-state index in [1.54, 1.807) is 36.4 Å². The van der Waals surface area contributed by atoms with Gasteiger partial charge >= 0.3 is 6.09 Å². The molecule has 1 aliphatic rings. The van der Waals surface area contributed by atoms with E-state index in [0.29, 0.717) is 35.6 Å². The van der Waals surface area contributed by atoms with Gasteiger partial charge in [-0.2, -0.15) is 0 Å². The molecule has 0 radical (unpaired) electrons. The monoisotopic (exact) mass is 563 g/mol. The smallest absolute Gasteiger partial charge is 0.410 e. The molecule has 1 unspecified atom stereocenters. The summed E-state index contributed by atoms with van der Waals surface area (Å²) in [6.07, 6.45) is 2.94. The van der Waals surface area contributed by atoms with Crippen molar-refractivity contribution in [1.82, 2.24) is 24.5 Å². The number of amides is 2. The number of nitrogens with zero attached hydrogens (tertiary/aromatic N) is 6. The van der Waals surface area contributed by atoms with Gasteiger partial charge in [-0.05, 0) is 53.7 Å². The molecule has 41 heavy (non-hydrogen) atoms. The number of hydrogen-bond donors (Lipinski definition) is 1. The van der Waals surface area contributed by atoms with Gasteiger partial charge < -0.3 is 24.1 Å². The lowest BCUT2D eigenvalue weighted by Crippen LogP contribution is -2.59. The number of imidazole rings is 1. The highest BCUT2D eigenvalue weighted by Crippen LogP contribution is 2.33. The van der Waals surface area contributed by atoms with Crippen LogP contribution in [0.3, 0.4) is 0 Å². The number of piperazine rings is 1. The van der Waals surface area contributed by atoms with Gasteiger partial charge in [0.05, 0.1) is 36.1 Å². The van der Waals surface area contributed by atoms with E-state index < -0.39 is 17.3 Å². The Balaban J connectivity index is 1.46. The highest BCUT2D eigenvalue weighted by Gasteiger charge is 2.36. The maximum atomic E-state index is 14.6. The summed E-state index contributed by atoms with van der Waals surface area (Å²) in [5.74, 6) is -0.713. The van der Waals surface area contributed by atoms with Gasteiger partial charge in [-0.3, -0.25) is 9.69 Å². The zero-order valence-corrected chi connectivity index (χ0v) is 24.2. The molecule has 216 valence electrons. The van der Waals surface area contributed by atoms with E-state index in [1.165, 1.54) is 17.6 Å². The third kappa shape index (κ3) is 5.59. The Labute approximate surface area is 237 Å². The molecule has 3 aromatic heterocycles. The SMILES string of the molecule is COc1cc2c(N3CC(C)N(C(=O)OC(C)(C)C)[C@@H](C)C3)ccc(C(=O)Nc3cc(F)c4nc(C)cn4c3)c2nn1. The van der Waals surface area contributed by atoms with Gasteiger partial charge in [0, 0.05) is 48.7 Å². The third-order valence-electron chi connectivity index (χ3n) is 6.91. The Bertz CT molecular complexity index is 1640. The molecular formula is C29H34FN7O4. The molecule has 1 N–H and O–H groups in total. The molecule has 1 saturated heterocycles. The van der Waals surface area contributed by atoms with E-state index >= 15 is 0 Å². The number of aryl methyl sites for hydroxylation is 1. The summed E-state index contributed by atoms with van der Waals surface area (Å²) in [5, 5.41) is 11.9. The molecule has 1 fully saturated rings. The second kappa shape index (κ2) is 10.5. The second-order valence-corrected chi connectivity index (χ2v) is 11.4. The van der Waals surface area contributed by atoms with Crippen molar-refractivity contribution in [2.75, 3.05) is 30.4 Å². The predicted molar refractivity (Wildman–Crippen MR) is 153 cm³/mol. The minimum Gasteiger partial charge on any atom is -0.480 e. The topological polar surface area (TPSA) is 114 Å². The van der Waals surface area contributed by atoms with Crippen LogP contribution in [0, 0.1) is 12.7 Å². The molecule has 12 heteroatoms. The van der Waals surface area contributed by atoms with Crippen LogP contribution in [-0.4, -0.2) is 74.4 Å². The first kappa shape index (κ1) is 28.1. The lowest BCUT2D eigenvalue weighted by Gasteiger charge is -2.45. The van der Waals surface area contributed by atoms with Crippen molar-refractivity contribution in [2.45, 2.75) is 59.2 Å². The van der Waals surface area contributed by atoms with Crippen molar-refractivity contribution in [1.29, 1.82) is 0 Å². The maximum Gasteiger partial charge on any atom is 0.410 e. The molecule has 11 nitrogen and oxygen atoms in total. The summed E-state index contributed by atoms with van der Waals surface area (Å²) < 4.78 is 27.1. The third-order valence-corrected chi connectivity index (χ3v) is 6.91. The predicted octanol–water partition coefficient (Wildman–Crippen LogP) is 4.82. The van der Waals surface area contributed by atoms with E-state index in [1.807, 2.05) is 40.7 Å². The van der Waals surface area contributed by atoms with Crippen LogP contribution in [0.15, 0.2) is 36.7 Å². The quantitative estimate of drug-likeness (QED) is 0.376. The van der Waals surface area contributed by atoms with Gasteiger partial charge in [-0.25, -0.2) is 14.2 Å². The van der Waals surface area contributed by atoms with Gasteiger partial charge in [0.2, 0.25) is 5.88 Å². The zero-order valence-electron chi connectivity index (χ0n) is 24.2. The van der Waals surface area contributed by atoms with Crippen molar-refractivity contribution >= 4 is 39.9 Å². The Hall–Kier alpha value is -4.48. The molecule has 2 atom stereocenters. The highest BCUT2D eigenvalue weighted by molar-refractivity contribution is 6.14. The number of aromatic nitrogens is 4. The Kier molecular flexibility index (Phi) is 7.18. The number of halogens is 1. The summed E-state index contributed by atoms with van der Waals surface area (Å²) in [6, 6.07) is 6.23. The van der Waals surface area contributed by atoms with Crippen LogP contribution < -0.4 is 15.0 Å². The second-order valence-electron chi connectivity index (χ2n) is 11.4. The number of pyridine rings is 1. The molecule has 0 aliphatic carbocycles. The van der Waals surface area contributed by atoms with Crippen molar-refractivity contribution < 1.29 is 23.5 Å². The van der Waals surface area contributed by atoms with Crippen molar-refractivity contribution in [3.63, 3.8) is 0 Å². The molecule has 0 bridgehead atoms. The summed E-state index contributed by atoms with van der Waals surface area (Å²) in [5.41, 5.74) is 2.00. The number of carbonyl (C=O) groups excluding carboxylic acids is 2. The van der Waals surface area contributed by atoms with E-state index in [-0.39, 0.29) is 35.1 Å². The fraction of sp³-hybridized carbons (Fsp3) is 0.414. The lowest BCUT2D eigenvalue weighted by atomic mass is 10.0. The normalized spacial score (nSPS) is 17.7. The molecule has 1 aromatic carbocycles. The van der Waals surface area contributed by atoms with E-state index in [9.17, 15) is 14.0 Å². The van der Waals surface area contributed by atoms with Crippen LogP contribution in [0.1, 0.15) is 50.7 Å². The number of ether oxygens (including phenoxy) is 2. The van der Waals surface area contributed by atoms with Gasteiger partial charge in [-0.15, -0.1) is 10.2 Å². The Morgan fingerprint density at radius 1 is 1.07 bits per heavy atom. The van der Waals surface area contributed by atoms with Gasteiger partial charge in [0.25, 0.3) is 5.91 Å². The molecule has 2 amide bonds. The Morgan fingerprint density at radius 2 is 1.78 bits per heavy atom. The van der Waals surface area contributed by atoms with Crippen molar-refractivity contribution in [3.05, 3.63) is 53.7 Å². The molecule has 1 aliphatic heterocycles. The van der Waals surface area contributed by atoms with Crippen LogP contribution in [0.4, 0.5) is 20.6 Å². The number of fused-ring (bicyclic) bond motifs is 2. The average Bonchev–Trinajstić information content (AvgIpc) is 3.26. The Morgan fingerprint density at radius 3 is 2.44 bits per heavy atom. The first-order valence-electron chi connectivity index (χ1n) is 13.4. The molecule has 4 aromatic rings. The van der Waals surface area contributed by atoms with E-state index in [4.69, 9.17) is 9.47 Å². The summed E-state index contributed by atoms with van der Waals surface area (Å²) in [4.78, 5) is 34.4. The van der Waals surface area contributed by atoms with Crippen LogP contribution in [0.2, 0.25) is 0 Å². The minimum absolute atomic E-state index is 0.139. The van der Waals surface area contributed by atoms with E-state index in [0.717, 1.165) is 5.69 Å². The molecule has 0 saturated carbocycles. The van der Waals surface area contributed by atoms with Crippen molar-refractivity contribution in [3.8, 4) is 5.88 Å². The largest absolute Gasteiger partial charge is 0.480 e. The first-order chi connectivity index (χ1) is 19.3. The number of rotatable bonds is 4. The summed E-state index contributed by atoms with van der Waals surface area (Å²) in [7, 11) is 1.50. The van der Waals surface area contributed by atoms with Crippen LogP contribution in [-0.2, 0) is 4.74 Å². The molecule has 0 spiro atoms. The van der Waals surface area contributed by atoms with Gasteiger partial charge in [0.15, 0.2) is 11.5 Å². The van der Waals surface area contributed by atoms with Crippen molar-refractivity contribution in [2.24, 2.45) is 0 Å². The maximum absolute atomic E-state index is 14.6. The fourth-order valence-electron chi connectivity index (χ4n) is 5.30. The van der Waals surface area contributed by atoms with Crippen LogP contribution >= 0.6 is 0 Å². The molecule has 4 heterocycles. The minimum atomic E-state index is -0.593. The summed E-state index contributed by atoms with van der Waals surface area (Å²) in [6.45, 7) is 12.4. The van der Waals surface area contributed by atoms with Gasteiger partial charge in [-0.1, -0.05) is 0 Å². The standard InChI is InChI=1S/C29H34FN7O4/c1-16-12-36-15-19(10-22(30)26(36)31-16)32-27(38)20-8-9-23(21-11-24(40-7)33-34-25(20)21)35-13-17(2)37(18(3)14-35)28(39)41-29(4,5)6/h8-12,15,17-18H,13-14H2,1-7H3,(H,32,38)/t17-,18?/m0/s1. The van der Waals surface area contributed by atoms with Crippen LogP contribution in [0.25, 0.3) is 16.6 Å². The molecule has 5 rings (SSSR count). The highest BCUT2D eigenvalue weighted by atomic mass is 19.1. The number of nitrogens with one attached hydrogen (secondary N) is 1. The fourth-order valence-corrected chi connectivity index (χ4v) is 5.30.